The third-order valence-corrected chi connectivity index (χ3v) is 2.78. The Morgan fingerprint density at radius 1 is 1.40 bits per heavy atom. The number of rotatable bonds is 5. The highest BCUT2D eigenvalue weighted by atomic mass is 19.1. The molecular formula is C15H16FN3O. The second-order valence-corrected chi connectivity index (χ2v) is 4.45. The summed E-state index contributed by atoms with van der Waals surface area (Å²) < 4.78 is 14.4. The van der Waals surface area contributed by atoms with Gasteiger partial charge in [0, 0.05) is 31.4 Å². The molecular weight excluding hydrogens is 257 g/mol. The monoisotopic (exact) mass is 273 g/mol. The third kappa shape index (κ3) is 4.35. The molecule has 5 heteroatoms. The van der Waals surface area contributed by atoms with E-state index in [9.17, 15) is 9.18 Å². The maximum Gasteiger partial charge on any atom is 0.244 e. The molecule has 0 spiro atoms. The fourth-order valence-electron chi connectivity index (χ4n) is 1.74. The van der Waals surface area contributed by atoms with Gasteiger partial charge >= 0.3 is 0 Å². The number of aryl methyl sites for hydroxylation is 1. The van der Waals surface area contributed by atoms with Gasteiger partial charge in [-0.05, 0) is 30.2 Å². The average molecular weight is 273 g/mol. The molecule has 2 aromatic rings. The van der Waals surface area contributed by atoms with E-state index in [1.54, 1.807) is 29.1 Å². The molecule has 104 valence electrons. The van der Waals surface area contributed by atoms with Gasteiger partial charge in [-0.1, -0.05) is 12.1 Å². The molecule has 2 rings (SSSR count). The van der Waals surface area contributed by atoms with Crippen molar-refractivity contribution in [2.45, 2.75) is 6.42 Å². The number of carbonyl (C=O) groups is 1. The van der Waals surface area contributed by atoms with E-state index in [0.717, 1.165) is 11.1 Å². The van der Waals surface area contributed by atoms with E-state index in [4.69, 9.17) is 0 Å². The van der Waals surface area contributed by atoms with Gasteiger partial charge in [0.25, 0.3) is 0 Å². The first-order chi connectivity index (χ1) is 9.63. The zero-order valence-corrected chi connectivity index (χ0v) is 11.2. The second kappa shape index (κ2) is 6.65. The molecule has 20 heavy (non-hydrogen) atoms. The minimum absolute atomic E-state index is 0.157. The summed E-state index contributed by atoms with van der Waals surface area (Å²) >= 11 is 0. The Labute approximate surface area is 116 Å². The van der Waals surface area contributed by atoms with Crippen molar-refractivity contribution in [1.29, 1.82) is 0 Å². The quantitative estimate of drug-likeness (QED) is 0.846. The summed E-state index contributed by atoms with van der Waals surface area (Å²) in [6.07, 6.45) is 7.36. The van der Waals surface area contributed by atoms with Crippen LogP contribution in [0.15, 0.2) is 42.7 Å². The highest BCUT2D eigenvalue weighted by molar-refractivity contribution is 5.91. The number of amides is 1. The highest BCUT2D eigenvalue weighted by Gasteiger charge is 1.98. The molecule has 0 radical (unpaired) electrons. The van der Waals surface area contributed by atoms with E-state index in [1.807, 2.05) is 13.2 Å². The van der Waals surface area contributed by atoms with Gasteiger partial charge in [0.15, 0.2) is 0 Å². The summed E-state index contributed by atoms with van der Waals surface area (Å²) in [5.74, 6) is -0.409. The lowest BCUT2D eigenvalue weighted by Crippen LogP contribution is -2.23. The van der Waals surface area contributed by atoms with Gasteiger partial charge in [0.05, 0.1) is 6.20 Å². The zero-order chi connectivity index (χ0) is 14.4. The molecule has 0 atom stereocenters. The Morgan fingerprint density at radius 2 is 2.15 bits per heavy atom. The first-order valence-corrected chi connectivity index (χ1v) is 6.32. The number of carbonyl (C=O) groups excluding carboxylic acids is 1. The first kappa shape index (κ1) is 14.0. The van der Waals surface area contributed by atoms with Crippen molar-refractivity contribution in [2.75, 3.05) is 6.54 Å². The van der Waals surface area contributed by atoms with Crippen LogP contribution in [0.2, 0.25) is 0 Å². The number of nitrogens with zero attached hydrogens (tertiary/aromatic N) is 2. The molecule has 0 fully saturated rings. The van der Waals surface area contributed by atoms with Crippen molar-refractivity contribution >= 4 is 12.0 Å². The molecule has 1 heterocycles. The van der Waals surface area contributed by atoms with Crippen LogP contribution in [0.4, 0.5) is 4.39 Å². The molecule has 1 amide bonds. The Morgan fingerprint density at radius 3 is 2.80 bits per heavy atom. The number of hydrogen-bond donors (Lipinski definition) is 1. The van der Waals surface area contributed by atoms with E-state index in [2.05, 4.69) is 10.4 Å². The van der Waals surface area contributed by atoms with E-state index >= 15 is 0 Å². The SMILES string of the molecule is Cn1cc(/C=C/C(=O)NCCc2ccc(F)cc2)cn1. The Bertz CT molecular complexity index is 602. The normalized spacial score (nSPS) is 10.9. The van der Waals surface area contributed by atoms with Gasteiger partial charge in [-0.3, -0.25) is 9.48 Å². The second-order valence-electron chi connectivity index (χ2n) is 4.45. The van der Waals surface area contributed by atoms with E-state index in [1.165, 1.54) is 18.2 Å². The van der Waals surface area contributed by atoms with Gasteiger partial charge in [-0.2, -0.15) is 5.10 Å². The Kier molecular flexibility index (Phi) is 4.65. The maximum atomic E-state index is 12.7. The van der Waals surface area contributed by atoms with Gasteiger partial charge in [0.1, 0.15) is 5.82 Å². The number of hydrogen-bond acceptors (Lipinski definition) is 2. The van der Waals surface area contributed by atoms with Crippen LogP contribution in [0.3, 0.4) is 0 Å². The molecule has 0 aliphatic heterocycles. The molecule has 1 N–H and O–H groups in total. The van der Waals surface area contributed by atoms with Crippen molar-refractivity contribution in [1.82, 2.24) is 15.1 Å². The van der Waals surface area contributed by atoms with E-state index < -0.39 is 0 Å². The van der Waals surface area contributed by atoms with E-state index in [0.29, 0.717) is 13.0 Å². The molecule has 0 aliphatic carbocycles. The van der Waals surface area contributed by atoms with Gasteiger partial charge in [-0.15, -0.1) is 0 Å². The number of nitrogens with one attached hydrogen (secondary N) is 1. The highest BCUT2D eigenvalue weighted by Crippen LogP contribution is 2.03. The van der Waals surface area contributed by atoms with Crippen molar-refractivity contribution in [3.63, 3.8) is 0 Å². The lowest BCUT2D eigenvalue weighted by atomic mass is 10.1. The summed E-state index contributed by atoms with van der Waals surface area (Å²) in [7, 11) is 1.82. The van der Waals surface area contributed by atoms with Crippen LogP contribution < -0.4 is 5.32 Å². The Balaban J connectivity index is 1.75. The topological polar surface area (TPSA) is 46.9 Å². The summed E-state index contributed by atoms with van der Waals surface area (Å²) in [5, 5.41) is 6.78. The van der Waals surface area contributed by atoms with Gasteiger partial charge in [0.2, 0.25) is 5.91 Å². The largest absolute Gasteiger partial charge is 0.352 e. The summed E-state index contributed by atoms with van der Waals surface area (Å²) in [6.45, 7) is 0.516. The molecule has 0 unspecified atom stereocenters. The summed E-state index contributed by atoms with van der Waals surface area (Å²) in [6, 6.07) is 6.26. The van der Waals surface area contributed by atoms with Crippen LogP contribution >= 0.6 is 0 Å². The van der Waals surface area contributed by atoms with Crippen LogP contribution in [0, 0.1) is 5.82 Å². The zero-order valence-electron chi connectivity index (χ0n) is 11.2. The van der Waals surface area contributed by atoms with Crippen LogP contribution in [0.5, 0.6) is 0 Å². The predicted molar refractivity (Wildman–Crippen MR) is 75.4 cm³/mol. The standard InChI is InChI=1S/C15H16FN3O/c1-19-11-13(10-18-19)4-7-15(20)17-9-8-12-2-5-14(16)6-3-12/h2-7,10-11H,8-9H2,1H3,(H,17,20)/b7-4+. The van der Waals surface area contributed by atoms with Gasteiger partial charge in [-0.25, -0.2) is 4.39 Å². The minimum atomic E-state index is -0.253. The number of halogens is 1. The smallest absolute Gasteiger partial charge is 0.244 e. The lowest BCUT2D eigenvalue weighted by molar-refractivity contribution is -0.116. The van der Waals surface area contributed by atoms with Crippen LogP contribution in [-0.4, -0.2) is 22.2 Å². The molecule has 4 nitrogen and oxygen atoms in total. The fourth-order valence-corrected chi connectivity index (χ4v) is 1.74. The molecule has 0 saturated heterocycles. The van der Waals surface area contributed by atoms with Crippen molar-refractivity contribution in [3.8, 4) is 0 Å². The molecule has 1 aromatic carbocycles. The molecule has 0 aliphatic rings. The van der Waals surface area contributed by atoms with Gasteiger partial charge < -0.3 is 5.32 Å². The summed E-state index contributed by atoms with van der Waals surface area (Å²) in [5.41, 5.74) is 1.86. The predicted octanol–water partition coefficient (Wildman–Crippen LogP) is 1.93. The van der Waals surface area contributed by atoms with Crippen LogP contribution in [-0.2, 0) is 18.3 Å². The molecule has 0 saturated carbocycles. The number of benzene rings is 1. The first-order valence-electron chi connectivity index (χ1n) is 6.32. The number of aromatic nitrogens is 2. The van der Waals surface area contributed by atoms with Crippen LogP contribution in [0.25, 0.3) is 6.08 Å². The fraction of sp³-hybridized carbons (Fsp3) is 0.200. The van der Waals surface area contributed by atoms with Crippen LogP contribution in [0.1, 0.15) is 11.1 Å². The average Bonchev–Trinajstić information content (AvgIpc) is 2.85. The van der Waals surface area contributed by atoms with Crippen molar-refractivity contribution in [2.24, 2.45) is 7.05 Å². The summed E-state index contributed by atoms with van der Waals surface area (Å²) in [4.78, 5) is 11.6. The third-order valence-electron chi connectivity index (χ3n) is 2.78. The molecule has 0 bridgehead atoms. The Hall–Kier alpha value is -2.43. The van der Waals surface area contributed by atoms with E-state index in [-0.39, 0.29) is 11.7 Å². The lowest BCUT2D eigenvalue weighted by Gasteiger charge is -2.02. The van der Waals surface area contributed by atoms with Crippen molar-refractivity contribution < 1.29 is 9.18 Å². The molecule has 1 aromatic heterocycles. The minimum Gasteiger partial charge on any atom is -0.352 e. The maximum absolute atomic E-state index is 12.7. The van der Waals surface area contributed by atoms with Crippen molar-refractivity contribution in [3.05, 3.63) is 59.7 Å².